The Kier molecular flexibility index (Phi) is 6.30. The molecule has 0 amide bonds. The summed E-state index contributed by atoms with van der Waals surface area (Å²) in [5.41, 5.74) is 1.01. The quantitative estimate of drug-likeness (QED) is 0.562. The van der Waals surface area contributed by atoms with Gasteiger partial charge in [0.2, 0.25) is 10.0 Å². The van der Waals surface area contributed by atoms with Crippen LogP contribution in [-0.4, -0.2) is 20.9 Å². The number of esters is 1. The highest BCUT2D eigenvalue weighted by atomic mass is 79.9. The number of carbonyl (C=O) groups excluding carboxylic acids is 1. The molecule has 5 nitrogen and oxygen atoms in total. The third kappa shape index (κ3) is 5.02. The van der Waals surface area contributed by atoms with Crippen LogP contribution in [0.5, 0.6) is 0 Å². The molecule has 0 atom stereocenters. The summed E-state index contributed by atoms with van der Waals surface area (Å²) in [5, 5.41) is 0. The second-order valence-corrected chi connectivity index (χ2v) is 7.55. The van der Waals surface area contributed by atoms with E-state index in [2.05, 4.69) is 27.2 Å². The molecule has 24 heavy (non-hydrogen) atoms. The van der Waals surface area contributed by atoms with Crippen LogP contribution >= 0.6 is 15.9 Å². The highest BCUT2D eigenvalue weighted by Gasteiger charge is 2.16. The van der Waals surface area contributed by atoms with E-state index in [1.807, 2.05) is 24.3 Å². The van der Waals surface area contributed by atoms with Crippen molar-refractivity contribution in [3.05, 3.63) is 76.8 Å². The van der Waals surface area contributed by atoms with Crippen LogP contribution in [0.3, 0.4) is 0 Å². The van der Waals surface area contributed by atoms with Gasteiger partial charge >= 0.3 is 5.97 Å². The molecule has 2 rings (SSSR count). The first kappa shape index (κ1) is 18.4. The molecule has 0 unspecified atom stereocenters. The summed E-state index contributed by atoms with van der Waals surface area (Å²) in [4.78, 5) is 12.1. The molecule has 0 saturated carbocycles. The summed E-state index contributed by atoms with van der Waals surface area (Å²) in [7, 11) is -3.68. The van der Waals surface area contributed by atoms with Gasteiger partial charge in [-0.2, -0.15) is 0 Å². The Labute approximate surface area is 149 Å². The molecule has 0 heterocycles. The van der Waals surface area contributed by atoms with E-state index in [-0.39, 0.29) is 23.6 Å². The van der Waals surface area contributed by atoms with E-state index < -0.39 is 16.0 Å². The number of sulfonamides is 1. The first-order chi connectivity index (χ1) is 11.4. The van der Waals surface area contributed by atoms with Gasteiger partial charge in [0.25, 0.3) is 0 Å². The summed E-state index contributed by atoms with van der Waals surface area (Å²) in [6.45, 7) is 3.68. The Morgan fingerprint density at radius 1 is 1.21 bits per heavy atom. The van der Waals surface area contributed by atoms with E-state index in [1.54, 1.807) is 0 Å². The summed E-state index contributed by atoms with van der Waals surface area (Å²) in [6.07, 6.45) is 1.44. The van der Waals surface area contributed by atoms with Crippen molar-refractivity contribution in [1.82, 2.24) is 4.72 Å². The third-order valence-corrected chi connectivity index (χ3v) is 5.03. The number of hydrogen-bond donors (Lipinski definition) is 1. The third-order valence-electron chi connectivity index (χ3n) is 3.08. The fourth-order valence-corrected chi connectivity index (χ4v) is 3.16. The molecular formula is C17H16BrNO4S. The fourth-order valence-electron chi connectivity index (χ4n) is 1.86. The zero-order valence-corrected chi connectivity index (χ0v) is 15.1. The van der Waals surface area contributed by atoms with E-state index in [9.17, 15) is 13.2 Å². The van der Waals surface area contributed by atoms with Crippen molar-refractivity contribution < 1.29 is 17.9 Å². The van der Waals surface area contributed by atoms with Crippen LogP contribution in [0.25, 0.3) is 0 Å². The molecule has 0 spiro atoms. The van der Waals surface area contributed by atoms with Gasteiger partial charge in [-0.1, -0.05) is 40.2 Å². The van der Waals surface area contributed by atoms with Gasteiger partial charge in [0.1, 0.15) is 6.61 Å². The number of hydrogen-bond acceptors (Lipinski definition) is 4. The number of halogens is 1. The largest absolute Gasteiger partial charge is 0.457 e. The van der Waals surface area contributed by atoms with Gasteiger partial charge in [-0.25, -0.2) is 17.9 Å². The normalized spacial score (nSPS) is 11.0. The molecule has 0 fully saturated rings. The van der Waals surface area contributed by atoms with Crippen LogP contribution < -0.4 is 4.72 Å². The fraction of sp³-hybridized carbons (Fsp3) is 0.118. The molecule has 2 aromatic carbocycles. The Balaban J connectivity index is 2.08. The average Bonchev–Trinajstić information content (AvgIpc) is 2.59. The van der Waals surface area contributed by atoms with Crippen molar-refractivity contribution in [3.8, 4) is 0 Å². The Hall–Kier alpha value is -1.96. The number of ether oxygens (including phenoxy) is 1. The smallest absolute Gasteiger partial charge is 0.338 e. The number of benzene rings is 2. The minimum absolute atomic E-state index is 0.00226. The van der Waals surface area contributed by atoms with Gasteiger partial charge in [-0.05, 0) is 35.9 Å². The van der Waals surface area contributed by atoms with E-state index in [0.717, 1.165) is 10.0 Å². The monoisotopic (exact) mass is 409 g/mol. The highest BCUT2D eigenvalue weighted by Crippen LogP contribution is 2.14. The topological polar surface area (TPSA) is 72.5 Å². The molecule has 1 N–H and O–H groups in total. The summed E-state index contributed by atoms with van der Waals surface area (Å²) >= 11 is 3.33. The van der Waals surface area contributed by atoms with Crippen molar-refractivity contribution in [2.24, 2.45) is 0 Å². The lowest BCUT2D eigenvalue weighted by molar-refractivity contribution is 0.0472. The molecule has 126 valence electrons. The molecule has 0 aliphatic rings. The zero-order chi connectivity index (χ0) is 17.6. The Morgan fingerprint density at radius 3 is 2.58 bits per heavy atom. The van der Waals surface area contributed by atoms with E-state index in [4.69, 9.17) is 4.74 Å². The van der Waals surface area contributed by atoms with Gasteiger partial charge < -0.3 is 4.74 Å². The Bertz CT molecular complexity index is 832. The zero-order valence-electron chi connectivity index (χ0n) is 12.7. The van der Waals surface area contributed by atoms with Crippen molar-refractivity contribution in [1.29, 1.82) is 0 Å². The van der Waals surface area contributed by atoms with Gasteiger partial charge in [0.05, 0.1) is 10.5 Å². The van der Waals surface area contributed by atoms with Crippen molar-refractivity contribution in [2.75, 3.05) is 6.54 Å². The SMILES string of the molecule is C=CCNS(=O)(=O)c1cccc(C(=O)OCc2ccc(Br)cc2)c1. The molecular weight excluding hydrogens is 394 g/mol. The lowest BCUT2D eigenvalue weighted by atomic mass is 10.2. The first-order valence-corrected chi connectivity index (χ1v) is 9.32. The van der Waals surface area contributed by atoms with Crippen LogP contribution in [0, 0.1) is 0 Å². The summed E-state index contributed by atoms with van der Waals surface area (Å²) in [6, 6.07) is 13.1. The minimum atomic E-state index is -3.68. The standard InChI is InChI=1S/C17H16BrNO4S/c1-2-10-19-24(21,22)16-5-3-4-14(11-16)17(20)23-12-13-6-8-15(18)9-7-13/h2-9,11,19H,1,10,12H2. The highest BCUT2D eigenvalue weighted by molar-refractivity contribution is 9.10. The molecule has 0 aliphatic carbocycles. The van der Waals surface area contributed by atoms with Crippen molar-refractivity contribution >= 4 is 31.9 Å². The summed E-state index contributed by atoms with van der Waals surface area (Å²) < 4.78 is 32.6. The predicted molar refractivity (Wildman–Crippen MR) is 95.1 cm³/mol. The van der Waals surface area contributed by atoms with Crippen molar-refractivity contribution in [3.63, 3.8) is 0 Å². The molecule has 0 bridgehead atoms. The van der Waals surface area contributed by atoms with Gasteiger partial charge in [-0.3, -0.25) is 0 Å². The minimum Gasteiger partial charge on any atom is -0.457 e. The molecule has 0 radical (unpaired) electrons. The lowest BCUT2D eigenvalue weighted by Crippen LogP contribution is -2.23. The molecule has 0 saturated heterocycles. The predicted octanol–water partition coefficient (Wildman–Crippen LogP) is 3.27. The van der Waals surface area contributed by atoms with Crippen LogP contribution in [-0.2, 0) is 21.4 Å². The number of carbonyl (C=O) groups is 1. The van der Waals surface area contributed by atoms with Crippen LogP contribution in [0.15, 0.2) is 70.6 Å². The van der Waals surface area contributed by atoms with Gasteiger partial charge in [0.15, 0.2) is 0 Å². The first-order valence-electron chi connectivity index (χ1n) is 7.04. The maximum Gasteiger partial charge on any atom is 0.338 e. The Morgan fingerprint density at radius 2 is 1.92 bits per heavy atom. The van der Waals surface area contributed by atoms with Crippen LogP contribution in [0.4, 0.5) is 0 Å². The van der Waals surface area contributed by atoms with Crippen LogP contribution in [0.2, 0.25) is 0 Å². The second-order valence-electron chi connectivity index (χ2n) is 4.87. The van der Waals surface area contributed by atoms with E-state index >= 15 is 0 Å². The second kappa shape index (κ2) is 8.23. The lowest BCUT2D eigenvalue weighted by Gasteiger charge is -2.08. The van der Waals surface area contributed by atoms with Crippen LogP contribution in [0.1, 0.15) is 15.9 Å². The molecule has 7 heteroatoms. The van der Waals surface area contributed by atoms with Gasteiger partial charge in [0, 0.05) is 11.0 Å². The molecule has 2 aromatic rings. The number of nitrogens with one attached hydrogen (secondary N) is 1. The molecule has 0 aliphatic heterocycles. The van der Waals surface area contributed by atoms with E-state index in [0.29, 0.717) is 0 Å². The van der Waals surface area contributed by atoms with E-state index in [1.165, 1.54) is 30.3 Å². The average molecular weight is 410 g/mol. The number of rotatable bonds is 7. The maximum absolute atomic E-state index is 12.1. The molecule has 0 aromatic heterocycles. The maximum atomic E-state index is 12.1. The summed E-state index contributed by atoms with van der Waals surface area (Å²) in [5.74, 6) is -0.585. The van der Waals surface area contributed by atoms with Gasteiger partial charge in [-0.15, -0.1) is 6.58 Å². The van der Waals surface area contributed by atoms with Crippen molar-refractivity contribution in [2.45, 2.75) is 11.5 Å².